The quantitative estimate of drug-likeness (QED) is 0.175. The highest BCUT2D eigenvalue weighted by Crippen LogP contribution is 2.42. The third-order valence-corrected chi connectivity index (χ3v) is 11.7. The summed E-state index contributed by atoms with van der Waals surface area (Å²) in [7, 11) is 0. The van der Waals surface area contributed by atoms with Gasteiger partial charge in [0.25, 0.3) is 0 Å². The monoisotopic (exact) mass is 764 g/mol. The Morgan fingerprint density at radius 3 is 1.13 bits per heavy atom. The van der Waals surface area contributed by atoms with E-state index < -0.39 is 0 Å². The van der Waals surface area contributed by atoms with Crippen LogP contribution in [0.15, 0.2) is 194 Å². The van der Waals surface area contributed by atoms with Gasteiger partial charge in [-0.15, -0.1) is 0 Å². The molecule has 0 saturated carbocycles. The highest BCUT2D eigenvalue weighted by atomic mass is 15.1. The van der Waals surface area contributed by atoms with Gasteiger partial charge in [0.15, 0.2) is 17.5 Å². The molecule has 12 rings (SSSR count). The second kappa shape index (κ2) is 13.3. The summed E-state index contributed by atoms with van der Waals surface area (Å²) in [5, 5.41) is 20.6. The number of hydrogen-bond acceptors (Lipinski definition) is 4. The normalized spacial score (nSPS) is 11.7. The molecule has 0 bridgehead atoms. The maximum absolute atomic E-state index is 11.6. The molecular weight excluding hydrogens is 733 g/mol. The highest BCUT2D eigenvalue weighted by molar-refractivity contribution is 6.15. The first-order chi connectivity index (χ1) is 29.7. The van der Waals surface area contributed by atoms with Gasteiger partial charge in [-0.1, -0.05) is 146 Å². The van der Waals surface area contributed by atoms with Crippen LogP contribution in [0.2, 0.25) is 0 Å². The number of hydrogen-bond donors (Lipinski definition) is 0. The van der Waals surface area contributed by atoms with Crippen molar-refractivity contribution in [2.45, 2.75) is 0 Å². The predicted molar refractivity (Wildman–Crippen MR) is 245 cm³/mol. The molecule has 0 unspecified atom stereocenters. The van der Waals surface area contributed by atoms with Crippen molar-refractivity contribution in [1.82, 2.24) is 24.1 Å². The van der Waals surface area contributed by atoms with Gasteiger partial charge in [0.1, 0.15) is 11.6 Å². The van der Waals surface area contributed by atoms with E-state index in [1.165, 1.54) is 0 Å². The van der Waals surface area contributed by atoms with Crippen molar-refractivity contribution in [3.05, 3.63) is 200 Å². The third kappa shape index (κ3) is 5.23. The molecule has 0 aliphatic rings. The van der Waals surface area contributed by atoms with E-state index in [4.69, 9.17) is 15.0 Å². The Balaban J connectivity index is 1.24. The lowest BCUT2D eigenvalue weighted by Crippen LogP contribution is -2.07. The lowest BCUT2D eigenvalue weighted by atomic mass is 10.0. The first-order valence-corrected chi connectivity index (χ1v) is 20.0. The average molecular weight is 765 g/mol. The zero-order chi connectivity index (χ0) is 39.7. The van der Waals surface area contributed by atoms with Crippen molar-refractivity contribution in [3.63, 3.8) is 0 Å². The molecule has 0 spiro atoms. The number of nitriles is 1. The van der Waals surface area contributed by atoms with Crippen molar-refractivity contribution in [2.24, 2.45) is 0 Å². The standard InChI is InChI=1S/C54H32N6/c55-33-45-50(59-46-25-13-11-23-41(46)43-27-36-19-7-9-21-38(36)29-48(43)59)31-40(54-57-52(34-15-3-1-4-16-34)56-53(58-54)35-17-5-2-6-18-35)32-51(45)60-47-26-14-12-24-42(47)44-28-37-20-8-10-22-39(37)30-49(44)60/h1-32H. The fourth-order valence-corrected chi connectivity index (χ4v) is 8.98. The molecule has 60 heavy (non-hydrogen) atoms. The van der Waals surface area contributed by atoms with Crippen LogP contribution in [0.4, 0.5) is 0 Å². The largest absolute Gasteiger partial charge is 0.308 e. The SMILES string of the molecule is N#Cc1c(-n2c3ccccc3c3cc4ccccc4cc32)cc(-c2nc(-c3ccccc3)nc(-c3ccccc3)n2)cc1-n1c2ccccc2c2cc3ccccc3cc21. The summed E-state index contributed by atoms with van der Waals surface area (Å²) in [6.07, 6.45) is 0. The zero-order valence-corrected chi connectivity index (χ0v) is 32.2. The van der Waals surface area contributed by atoms with Gasteiger partial charge >= 0.3 is 0 Å². The molecule has 0 radical (unpaired) electrons. The van der Waals surface area contributed by atoms with E-state index in [9.17, 15) is 5.26 Å². The summed E-state index contributed by atoms with van der Waals surface area (Å²) < 4.78 is 4.51. The lowest BCUT2D eigenvalue weighted by Gasteiger charge is -2.18. The number of para-hydroxylation sites is 2. The molecule has 0 saturated heterocycles. The Morgan fingerprint density at radius 1 is 0.333 bits per heavy atom. The van der Waals surface area contributed by atoms with Gasteiger partial charge in [-0.05, 0) is 70.1 Å². The molecule has 6 nitrogen and oxygen atoms in total. The van der Waals surface area contributed by atoms with E-state index >= 15 is 0 Å². The summed E-state index contributed by atoms with van der Waals surface area (Å²) in [6.45, 7) is 0. The van der Waals surface area contributed by atoms with E-state index in [1.54, 1.807) is 0 Å². The third-order valence-electron chi connectivity index (χ3n) is 11.7. The van der Waals surface area contributed by atoms with Gasteiger partial charge < -0.3 is 9.13 Å². The van der Waals surface area contributed by atoms with Crippen LogP contribution in [-0.4, -0.2) is 24.1 Å². The van der Waals surface area contributed by atoms with Crippen molar-refractivity contribution < 1.29 is 0 Å². The lowest BCUT2D eigenvalue weighted by molar-refractivity contribution is 1.06. The molecule has 9 aromatic carbocycles. The van der Waals surface area contributed by atoms with Crippen LogP contribution >= 0.6 is 0 Å². The Kier molecular flexibility index (Phi) is 7.50. The molecule has 3 aromatic heterocycles. The molecule has 0 aliphatic carbocycles. The summed E-state index contributed by atoms with van der Waals surface area (Å²) in [4.78, 5) is 15.4. The molecule has 6 heteroatoms. The van der Waals surface area contributed by atoms with Crippen molar-refractivity contribution in [2.75, 3.05) is 0 Å². The van der Waals surface area contributed by atoms with Crippen molar-refractivity contribution in [3.8, 4) is 51.6 Å². The Hall–Kier alpha value is -8.40. The summed E-state index contributed by atoms with van der Waals surface area (Å²) in [6, 6.07) is 69.8. The minimum atomic E-state index is 0.507. The highest BCUT2D eigenvalue weighted by Gasteiger charge is 2.24. The number of aromatic nitrogens is 5. The smallest absolute Gasteiger partial charge is 0.164 e. The molecule has 12 aromatic rings. The molecule has 3 heterocycles. The minimum Gasteiger partial charge on any atom is -0.308 e. The average Bonchev–Trinajstić information content (AvgIpc) is 3.81. The molecule has 0 fully saturated rings. The van der Waals surface area contributed by atoms with Crippen LogP contribution in [0.25, 0.3) is 111 Å². The van der Waals surface area contributed by atoms with Gasteiger partial charge in [0.05, 0.1) is 33.4 Å². The molecule has 278 valence electrons. The second-order valence-corrected chi connectivity index (χ2v) is 15.2. The Morgan fingerprint density at radius 2 is 0.700 bits per heavy atom. The van der Waals surface area contributed by atoms with Gasteiger partial charge in [-0.25, -0.2) is 15.0 Å². The first kappa shape index (κ1) is 33.7. The summed E-state index contributed by atoms with van der Waals surface area (Å²) in [5.41, 5.74) is 8.55. The topological polar surface area (TPSA) is 72.3 Å². The molecule has 0 N–H and O–H groups in total. The van der Waals surface area contributed by atoms with Crippen molar-refractivity contribution in [1.29, 1.82) is 5.26 Å². The molecular formula is C54H32N6. The van der Waals surface area contributed by atoms with E-state index in [2.05, 4.69) is 149 Å². The predicted octanol–water partition coefficient (Wildman–Crippen LogP) is 13.2. The number of rotatable bonds is 5. The van der Waals surface area contributed by atoms with Crippen LogP contribution in [0.3, 0.4) is 0 Å². The number of nitrogens with zero attached hydrogens (tertiary/aromatic N) is 6. The summed E-state index contributed by atoms with van der Waals surface area (Å²) in [5.74, 6) is 1.64. The van der Waals surface area contributed by atoms with Gasteiger partial charge in [-0.3, -0.25) is 0 Å². The van der Waals surface area contributed by atoms with E-state index in [1.807, 2.05) is 60.7 Å². The van der Waals surface area contributed by atoms with E-state index in [-0.39, 0.29) is 0 Å². The van der Waals surface area contributed by atoms with Crippen LogP contribution in [0, 0.1) is 11.3 Å². The number of benzene rings is 9. The van der Waals surface area contributed by atoms with Crippen molar-refractivity contribution >= 4 is 65.2 Å². The maximum Gasteiger partial charge on any atom is 0.164 e. The van der Waals surface area contributed by atoms with Crippen LogP contribution < -0.4 is 0 Å². The fourth-order valence-electron chi connectivity index (χ4n) is 8.98. The zero-order valence-electron chi connectivity index (χ0n) is 32.2. The second-order valence-electron chi connectivity index (χ2n) is 15.2. The number of fused-ring (bicyclic) bond motifs is 8. The van der Waals surface area contributed by atoms with E-state index in [0.29, 0.717) is 23.0 Å². The fraction of sp³-hybridized carbons (Fsp3) is 0. The molecule has 0 amide bonds. The van der Waals surface area contributed by atoms with Crippen LogP contribution in [0.5, 0.6) is 0 Å². The first-order valence-electron chi connectivity index (χ1n) is 20.0. The maximum atomic E-state index is 11.6. The van der Waals surface area contributed by atoms with Crippen LogP contribution in [-0.2, 0) is 0 Å². The van der Waals surface area contributed by atoms with Crippen LogP contribution in [0.1, 0.15) is 5.56 Å². The minimum absolute atomic E-state index is 0.507. The van der Waals surface area contributed by atoms with Gasteiger partial charge in [0.2, 0.25) is 0 Å². The van der Waals surface area contributed by atoms with Gasteiger partial charge in [-0.2, -0.15) is 5.26 Å². The Labute approximate surface area is 344 Å². The summed E-state index contributed by atoms with van der Waals surface area (Å²) >= 11 is 0. The Bertz CT molecular complexity index is 3490. The van der Waals surface area contributed by atoms with Gasteiger partial charge in [0, 0.05) is 38.2 Å². The molecule has 0 aliphatic heterocycles. The molecule has 0 atom stereocenters. The van der Waals surface area contributed by atoms with E-state index in [0.717, 1.165) is 93.2 Å².